The van der Waals surface area contributed by atoms with Crippen LogP contribution in [0, 0.1) is 13.8 Å². The van der Waals surface area contributed by atoms with Crippen LogP contribution in [0.15, 0.2) is 23.1 Å². The number of nitrogens with one attached hydrogen (secondary N) is 2. The van der Waals surface area contributed by atoms with Gasteiger partial charge in [0.25, 0.3) is 5.91 Å². The molecule has 7 heteroatoms. The summed E-state index contributed by atoms with van der Waals surface area (Å²) in [6, 6.07) is 5.79. The van der Waals surface area contributed by atoms with E-state index < -0.39 is 10.0 Å². The number of hydrogen-bond donors (Lipinski definition) is 2. The molecular weight excluding hydrogens is 362 g/mol. The highest BCUT2D eigenvalue weighted by molar-refractivity contribution is 7.89. The van der Waals surface area contributed by atoms with E-state index >= 15 is 0 Å². The Bertz CT molecular complexity index is 765. The molecule has 0 aromatic heterocycles. The first-order valence-electron chi connectivity index (χ1n) is 10.1. The van der Waals surface area contributed by atoms with Gasteiger partial charge < -0.3 is 10.2 Å². The number of quaternary nitrogens is 1. The van der Waals surface area contributed by atoms with Crippen molar-refractivity contribution in [2.45, 2.75) is 56.9 Å². The van der Waals surface area contributed by atoms with Crippen LogP contribution in [0.2, 0.25) is 0 Å². The van der Waals surface area contributed by atoms with Crippen LogP contribution >= 0.6 is 0 Å². The van der Waals surface area contributed by atoms with Gasteiger partial charge in [0.2, 0.25) is 10.0 Å². The lowest BCUT2D eigenvalue weighted by molar-refractivity contribution is -0.895. The lowest BCUT2D eigenvalue weighted by atomic mass is 9.95. The Morgan fingerprint density at radius 1 is 1.15 bits per heavy atom. The molecule has 0 spiro atoms. The molecule has 0 bridgehead atoms. The van der Waals surface area contributed by atoms with Crippen molar-refractivity contribution in [3.05, 3.63) is 29.3 Å². The summed E-state index contributed by atoms with van der Waals surface area (Å²) in [5.74, 6) is 0.0996. The van der Waals surface area contributed by atoms with Crippen molar-refractivity contribution in [1.29, 1.82) is 0 Å². The third-order valence-corrected chi connectivity index (χ3v) is 7.82. The second kappa shape index (κ2) is 8.71. The van der Waals surface area contributed by atoms with Crippen LogP contribution in [0.1, 0.15) is 43.2 Å². The molecule has 0 atom stereocenters. The third-order valence-electron chi connectivity index (χ3n) is 5.76. The van der Waals surface area contributed by atoms with Crippen molar-refractivity contribution in [2.75, 3.05) is 32.7 Å². The number of carbonyl (C=O) groups excluding carboxylic acids is 1. The van der Waals surface area contributed by atoms with Gasteiger partial charge in [-0.2, -0.15) is 4.31 Å². The molecule has 2 fully saturated rings. The minimum atomic E-state index is -3.46. The summed E-state index contributed by atoms with van der Waals surface area (Å²) in [7, 11) is -3.46. The molecular formula is C20H32N3O3S+. The van der Waals surface area contributed by atoms with Crippen LogP contribution in [-0.2, 0) is 14.8 Å². The van der Waals surface area contributed by atoms with Gasteiger partial charge in [0.1, 0.15) is 0 Å². The van der Waals surface area contributed by atoms with Crippen molar-refractivity contribution < 1.29 is 18.1 Å². The van der Waals surface area contributed by atoms with Crippen LogP contribution in [0.3, 0.4) is 0 Å². The van der Waals surface area contributed by atoms with Gasteiger partial charge in [-0.05, 0) is 38.3 Å². The molecule has 1 amide bonds. The number of benzene rings is 1. The Balaban J connectivity index is 1.52. The Morgan fingerprint density at radius 2 is 1.81 bits per heavy atom. The van der Waals surface area contributed by atoms with Gasteiger partial charge >= 0.3 is 0 Å². The molecule has 150 valence electrons. The molecule has 1 aromatic rings. The molecule has 1 aliphatic heterocycles. The number of carbonyl (C=O) groups is 1. The van der Waals surface area contributed by atoms with Crippen molar-refractivity contribution >= 4 is 15.9 Å². The van der Waals surface area contributed by atoms with Gasteiger partial charge in [0.15, 0.2) is 6.54 Å². The standard InChI is InChI=1S/C20H31N3O3S/c1-16-8-9-19(17(2)14-16)27(25,26)23-12-10-22(11-13-23)15-20(24)21-18-6-4-3-5-7-18/h8-9,14,18H,3-7,10-13,15H2,1-2H3,(H,21,24)/p+1. The predicted molar refractivity (Wildman–Crippen MR) is 105 cm³/mol. The molecule has 27 heavy (non-hydrogen) atoms. The Morgan fingerprint density at radius 3 is 2.44 bits per heavy atom. The summed E-state index contributed by atoms with van der Waals surface area (Å²) < 4.78 is 27.5. The molecule has 0 unspecified atom stereocenters. The number of amides is 1. The minimum absolute atomic E-state index is 0.0996. The van der Waals surface area contributed by atoms with E-state index in [1.54, 1.807) is 10.4 Å². The highest BCUT2D eigenvalue weighted by Crippen LogP contribution is 2.21. The Hall–Kier alpha value is -1.44. The van der Waals surface area contributed by atoms with Crippen LogP contribution in [-0.4, -0.2) is 57.4 Å². The van der Waals surface area contributed by atoms with E-state index in [1.807, 2.05) is 26.0 Å². The summed E-state index contributed by atoms with van der Waals surface area (Å²) in [6.45, 7) is 6.50. The summed E-state index contributed by atoms with van der Waals surface area (Å²) in [5, 5.41) is 3.15. The maximum Gasteiger partial charge on any atom is 0.275 e. The zero-order chi connectivity index (χ0) is 19.4. The van der Waals surface area contributed by atoms with Crippen LogP contribution in [0.4, 0.5) is 0 Å². The molecule has 1 heterocycles. The zero-order valence-corrected chi connectivity index (χ0v) is 17.3. The van der Waals surface area contributed by atoms with Crippen molar-refractivity contribution in [3.63, 3.8) is 0 Å². The quantitative estimate of drug-likeness (QED) is 0.770. The molecule has 1 saturated carbocycles. The molecule has 1 saturated heterocycles. The molecule has 2 aliphatic rings. The van der Waals surface area contributed by atoms with Crippen LogP contribution in [0.5, 0.6) is 0 Å². The first-order valence-corrected chi connectivity index (χ1v) is 11.5. The van der Waals surface area contributed by atoms with E-state index in [9.17, 15) is 13.2 Å². The van der Waals surface area contributed by atoms with Crippen LogP contribution in [0.25, 0.3) is 0 Å². The van der Waals surface area contributed by atoms with E-state index in [0.717, 1.165) is 28.9 Å². The van der Waals surface area contributed by atoms with Gasteiger partial charge in [-0.3, -0.25) is 4.79 Å². The number of nitrogens with zero attached hydrogens (tertiary/aromatic N) is 1. The van der Waals surface area contributed by atoms with E-state index in [0.29, 0.717) is 43.7 Å². The molecule has 1 aromatic carbocycles. The fourth-order valence-electron chi connectivity index (χ4n) is 4.20. The number of piperazine rings is 1. The average Bonchev–Trinajstić information content (AvgIpc) is 2.62. The second-order valence-corrected chi connectivity index (χ2v) is 9.91. The highest BCUT2D eigenvalue weighted by atomic mass is 32.2. The van der Waals surface area contributed by atoms with Gasteiger partial charge in [0.05, 0.1) is 31.1 Å². The maximum absolute atomic E-state index is 12.9. The minimum Gasteiger partial charge on any atom is -0.348 e. The van der Waals surface area contributed by atoms with Crippen molar-refractivity contribution in [1.82, 2.24) is 9.62 Å². The van der Waals surface area contributed by atoms with E-state index in [2.05, 4.69) is 5.32 Å². The fraction of sp³-hybridized carbons (Fsp3) is 0.650. The summed E-state index contributed by atoms with van der Waals surface area (Å²) in [4.78, 5) is 13.8. The monoisotopic (exact) mass is 394 g/mol. The molecule has 0 radical (unpaired) electrons. The fourth-order valence-corrected chi connectivity index (χ4v) is 5.85. The maximum atomic E-state index is 12.9. The lowest BCUT2D eigenvalue weighted by Gasteiger charge is -2.32. The molecule has 6 nitrogen and oxygen atoms in total. The zero-order valence-electron chi connectivity index (χ0n) is 16.5. The summed E-state index contributed by atoms with van der Waals surface area (Å²) >= 11 is 0. The van der Waals surface area contributed by atoms with E-state index in [-0.39, 0.29) is 5.91 Å². The first-order chi connectivity index (χ1) is 12.9. The molecule has 2 N–H and O–H groups in total. The number of hydrogen-bond acceptors (Lipinski definition) is 3. The number of aryl methyl sites for hydroxylation is 2. The Kier molecular flexibility index (Phi) is 6.55. The number of rotatable bonds is 5. The summed E-state index contributed by atoms with van der Waals surface area (Å²) in [5.41, 5.74) is 1.85. The number of sulfonamides is 1. The topological polar surface area (TPSA) is 70.9 Å². The van der Waals surface area contributed by atoms with Gasteiger partial charge in [-0.25, -0.2) is 8.42 Å². The normalized spacial score (nSPS) is 20.5. The lowest BCUT2D eigenvalue weighted by Crippen LogP contribution is -3.15. The largest absolute Gasteiger partial charge is 0.348 e. The first kappa shape index (κ1) is 20.3. The SMILES string of the molecule is Cc1ccc(S(=O)(=O)N2CC[NH+](CC(=O)NC3CCCCC3)CC2)c(C)c1. The highest BCUT2D eigenvalue weighted by Gasteiger charge is 2.32. The second-order valence-electron chi connectivity index (χ2n) is 8.00. The third kappa shape index (κ3) is 5.09. The molecule has 1 aliphatic carbocycles. The Labute approximate surface area is 163 Å². The van der Waals surface area contributed by atoms with Gasteiger partial charge in [-0.1, -0.05) is 37.0 Å². The smallest absolute Gasteiger partial charge is 0.275 e. The average molecular weight is 395 g/mol. The van der Waals surface area contributed by atoms with Crippen LogP contribution < -0.4 is 10.2 Å². The van der Waals surface area contributed by atoms with E-state index in [1.165, 1.54) is 19.3 Å². The molecule has 3 rings (SSSR count). The van der Waals surface area contributed by atoms with Crippen molar-refractivity contribution in [2.24, 2.45) is 0 Å². The summed E-state index contributed by atoms with van der Waals surface area (Å²) in [6.07, 6.45) is 5.85. The van der Waals surface area contributed by atoms with E-state index in [4.69, 9.17) is 0 Å². The van der Waals surface area contributed by atoms with Gasteiger partial charge in [0, 0.05) is 6.04 Å². The predicted octanol–water partition coefficient (Wildman–Crippen LogP) is 0.642. The van der Waals surface area contributed by atoms with Gasteiger partial charge in [-0.15, -0.1) is 0 Å². The van der Waals surface area contributed by atoms with Crippen molar-refractivity contribution in [3.8, 4) is 0 Å².